The van der Waals surface area contributed by atoms with Crippen LogP contribution in [0.4, 0.5) is 5.82 Å². The lowest BCUT2D eigenvalue weighted by atomic mass is 10.2. The predicted octanol–water partition coefficient (Wildman–Crippen LogP) is 0.532. The molecule has 3 N–H and O–H groups in total. The lowest BCUT2D eigenvalue weighted by Gasteiger charge is -2.27. The molecular formula is C11H16N4O. The molecule has 1 aromatic heterocycles. The maximum Gasteiger partial charge on any atom is 0.172 e. The van der Waals surface area contributed by atoms with Crippen LogP contribution in [0.2, 0.25) is 0 Å². The van der Waals surface area contributed by atoms with Crippen molar-refractivity contribution in [1.82, 2.24) is 9.78 Å². The molecule has 1 aliphatic rings. The van der Waals surface area contributed by atoms with E-state index < -0.39 is 6.23 Å². The first-order chi connectivity index (χ1) is 7.52. The number of rotatable bonds is 1. The third-order valence-electron chi connectivity index (χ3n) is 2.95. The van der Waals surface area contributed by atoms with E-state index >= 15 is 0 Å². The smallest absolute Gasteiger partial charge is 0.172 e. The minimum Gasteiger partial charge on any atom is -0.398 e. The number of nitrogens with zero attached hydrogens (tertiary/aromatic N) is 3. The highest BCUT2D eigenvalue weighted by Crippen LogP contribution is 2.25. The lowest BCUT2D eigenvalue weighted by molar-refractivity contribution is 0.211. The Kier molecular flexibility index (Phi) is 2.47. The van der Waals surface area contributed by atoms with Crippen LogP contribution in [0.1, 0.15) is 11.3 Å². The molecule has 86 valence electrons. The van der Waals surface area contributed by atoms with Crippen LogP contribution < -0.4 is 10.6 Å². The molecule has 1 atom stereocenters. The largest absolute Gasteiger partial charge is 0.398 e. The maximum absolute atomic E-state index is 9.95. The number of hydrogen-bond donors (Lipinski definition) is 2. The van der Waals surface area contributed by atoms with Gasteiger partial charge in [-0.2, -0.15) is 5.10 Å². The van der Waals surface area contributed by atoms with Gasteiger partial charge in [0, 0.05) is 24.5 Å². The summed E-state index contributed by atoms with van der Waals surface area (Å²) in [6.07, 6.45) is 4.42. The van der Waals surface area contributed by atoms with Crippen molar-refractivity contribution >= 4 is 5.82 Å². The summed E-state index contributed by atoms with van der Waals surface area (Å²) in [5.41, 5.74) is 8.22. The second-order valence-electron chi connectivity index (χ2n) is 3.95. The van der Waals surface area contributed by atoms with Gasteiger partial charge in [0.25, 0.3) is 0 Å². The zero-order chi connectivity index (χ0) is 11.9. The fraction of sp³-hybridized carbons (Fsp3) is 0.364. The van der Waals surface area contributed by atoms with Crippen molar-refractivity contribution in [3.63, 3.8) is 0 Å². The van der Waals surface area contributed by atoms with Crippen LogP contribution >= 0.6 is 0 Å². The molecule has 0 spiro atoms. The normalized spacial score (nSPS) is 20.1. The number of aliphatic hydroxyl groups excluding tert-OH is 1. The second-order valence-corrected chi connectivity index (χ2v) is 3.95. The van der Waals surface area contributed by atoms with E-state index in [2.05, 4.69) is 5.10 Å². The van der Waals surface area contributed by atoms with Gasteiger partial charge in [-0.25, -0.2) is 0 Å². The van der Waals surface area contributed by atoms with Gasteiger partial charge in [0.15, 0.2) is 12.0 Å². The van der Waals surface area contributed by atoms with E-state index in [1.807, 2.05) is 20.9 Å². The van der Waals surface area contributed by atoms with Gasteiger partial charge in [-0.05, 0) is 26.0 Å². The van der Waals surface area contributed by atoms with Gasteiger partial charge in [0.05, 0.1) is 5.70 Å². The molecule has 2 heterocycles. The summed E-state index contributed by atoms with van der Waals surface area (Å²) in [6, 6.07) is 0. The van der Waals surface area contributed by atoms with Gasteiger partial charge in [-0.1, -0.05) is 0 Å². The number of aryl methyl sites for hydroxylation is 1. The summed E-state index contributed by atoms with van der Waals surface area (Å²) < 4.78 is 1.79. The van der Waals surface area contributed by atoms with Gasteiger partial charge >= 0.3 is 0 Å². The number of anilines is 1. The molecule has 16 heavy (non-hydrogen) atoms. The average Bonchev–Trinajstić information content (AvgIpc) is 2.50. The van der Waals surface area contributed by atoms with Crippen LogP contribution in [0.15, 0.2) is 24.0 Å². The molecule has 0 amide bonds. The number of hydrogen-bond acceptors (Lipinski definition) is 4. The van der Waals surface area contributed by atoms with Crippen molar-refractivity contribution < 1.29 is 5.11 Å². The monoisotopic (exact) mass is 220 g/mol. The lowest BCUT2D eigenvalue weighted by Crippen LogP contribution is -2.37. The first-order valence-corrected chi connectivity index (χ1v) is 5.13. The zero-order valence-corrected chi connectivity index (χ0v) is 9.68. The Morgan fingerprint density at radius 1 is 1.44 bits per heavy atom. The van der Waals surface area contributed by atoms with Gasteiger partial charge in [-0.15, -0.1) is 0 Å². The summed E-state index contributed by atoms with van der Waals surface area (Å²) >= 11 is 0. The Morgan fingerprint density at radius 2 is 2.12 bits per heavy atom. The summed E-state index contributed by atoms with van der Waals surface area (Å²) in [5.74, 6) is 0.736. The fourth-order valence-electron chi connectivity index (χ4n) is 1.70. The van der Waals surface area contributed by atoms with E-state index in [1.54, 1.807) is 27.9 Å². The third-order valence-corrected chi connectivity index (χ3v) is 2.95. The van der Waals surface area contributed by atoms with E-state index in [-0.39, 0.29) is 0 Å². The summed E-state index contributed by atoms with van der Waals surface area (Å²) in [5, 5.41) is 14.3. The molecule has 0 fully saturated rings. The molecule has 1 unspecified atom stereocenters. The number of aliphatic hydroxyl groups is 1. The maximum atomic E-state index is 9.95. The molecule has 1 aliphatic heterocycles. The number of nitrogens with two attached hydrogens (primary N) is 1. The minimum atomic E-state index is -0.835. The fourth-order valence-corrected chi connectivity index (χ4v) is 1.70. The van der Waals surface area contributed by atoms with Crippen molar-refractivity contribution in [2.75, 3.05) is 4.90 Å². The highest BCUT2D eigenvalue weighted by atomic mass is 16.3. The first-order valence-electron chi connectivity index (χ1n) is 5.13. The van der Waals surface area contributed by atoms with Gasteiger partial charge in [0.2, 0.25) is 0 Å². The Balaban J connectivity index is 2.42. The molecule has 1 aromatic rings. The van der Waals surface area contributed by atoms with Crippen LogP contribution in [0, 0.1) is 13.8 Å². The summed E-state index contributed by atoms with van der Waals surface area (Å²) in [4.78, 5) is 1.66. The van der Waals surface area contributed by atoms with Crippen LogP contribution in [0.25, 0.3) is 0 Å². The van der Waals surface area contributed by atoms with Crippen molar-refractivity contribution in [2.24, 2.45) is 12.8 Å². The molecule has 5 heteroatoms. The summed E-state index contributed by atoms with van der Waals surface area (Å²) in [7, 11) is 1.88. The number of allylic oxidation sites excluding steroid dienone is 2. The second kappa shape index (κ2) is 3.68. The zero-order valence-electron chi connectivity index (χ0n) is 9.68. The Bertz CT molecular complexity index is 473. The summed E-state index contributed by atoms with van der Waals surface area (Å²) in [6.45, 7) is 3.97. The molecule has 0 aliphatic carbocycles. The SMILES string of the molecule is Cc1c(N2C=CC=C(N)C2O)nn(C)c1C. The molecule has 0 aromatic carbocycles. The molecule has 5 nitrogen and oxygen atoms in total. The van der Waals surface area contributed by atoms with Crippen molar-refractivity contribution in [3.05, 3.63) is 35.3 Å². The van der Waals surface area contributed by atoms with Crippen molar-refractivity contribution in [1.29, 1.82) is 0 Å². The highest BCUT2D eigenvalue weighted by molar-refractivity contribution is 5.54. The molecule has 0 saturated heterocycles. The molecule has 0 bridgehead atoms. The van der Waals surface area contributed by atoms with E-state index in [4.69, 9.17) is 5.73 Å². The van der Waals surface area contributed by atoms with Crippen LogP contribution in [-0.4, -0.2) is 21.1 Å². The van der Waals surface area contributed by atoms with E-state index in [1.165, 1.54) is 0 Å². The van der Waals surface area contributed by atoms with E-state index in [0.29, 0.717) is 5.70 Å². The van der Waals surface area contributed by atoms with Gasteiger partial charge in [-0.3, -0.25) is 9.58 Å². The molecular weight excluding hydrogens is 204 g/mol. The average molecular weight is 220 g/mol. The van der Waals surface area contributed by atoms with Crippen LogP contribution in [0.3, 0.4) is 0 Å². The quantitative estimate of drug-likeness (QED) is 0.724. The standard InChI is InChI=1S/C11H16N4O/c1-7-8(2)14(3)13-10(7)15-6-4-5-9(12)11(15)16/h4-6,11,16H,12H2,1-3H3. The molecule has 2 rings (SSSR count). The molecule has 0 radical (unpaired) electrons. The van der Waals surface area contributed by atoms with E-state index in [9.17, 15) is 5.11 Å². The topological polar surface area (TPSA) is 67.3 Å². The van der Waals surface area contributed by atoms with Gasteiger partial charge in [0.1, 0.15) is 0 Å². The van der Waals surface area contributed by atoms with E-state index in [0.717, 1.165) is 17.1 Å². The minimum absolute atomic E-state index is 0.421. The Labute approximate surface area is 94.5 Å². The number of aromatic nitrogens is 2. The molecule has 0 saturated carbocycles. The van der Waals surface area contributed by atoms with Crippen LogP contribution in [0.5, 0.6) is 0 Å². The highest BCUT2D eigenvalue weighted by Gasteiger charge is 2.23. The predicted molar refractivity (Wildman–Crippen MR) is 62.6 cm³/mol. The Hall–Kier alpha value is -1.75. The first kappa shape index (κ1) is 10.8. The van der Waals surface area contributed by atoms with Crippen molar-refractivity contribution in [3.8, 4) is 0 Å². The van der Waals surface area contributed by atoms with Crippen LogP contribution in [-0.2, 0) is 7.05 Å². The van der Waals surface area contributed by atoms with Crippen molar-refractivity contribution in [2.45, 2.75) is 20.1 Å². The van der Waals surface area contributed by atoms with Gasteiger partial charge < -0.3 is 10.8 Å². The third kappa shape index (κ3) is 1.49. The Morgan fingerprint density at radius 3 is 2.69 bits per heavy atom.